The first kappa shape index (κ1) is 12.6. The van der Waals surface area contributed by atoms with Gasteiger partial charge in [0.1, 0.15) is 16.8 Å². The SMILES string of the molecule is CCc1nc(Cl)cc(NCC2CCN(C)C2)n1. The van der Waals surface area contributed by atoms with Crippen LogP contribution in [-0.2, 0) is 6.42 Å². The Bertz CT molecular complexity index is 383. The second-order valence-electron chi connectivity index (χ2n) is 4.64. The highest BCUT2D eigenvalue weighted by atomic mass is 35.5. The Morgan fingerprint density at radius 2 is 2.35 bits per heavy atom. The monoisotopic (exact) mass is 254 g/mol. The number of hydrogen-bond donors (Lipinski definition) is 1. The maximum Gasteiger partial charge on any atom is 0.134 e. The zero-order valence-corrected chi connectivity index (χ0v) is 11.2. The third kappa shape index (κ3) is 3.54. The minimum Gasteiger partial charge on any atom is -0.370 e. The van der Waals surface area contributed by atoms with Crippen molar-refractivity contribution in [1.29, 1.82) is 0 Å². The van der Waals surface area contributed by atoms with E-state index in [9.17, 15) is 0 Å². The van der Waals surface area contributed by atoms with E-state index < -0.39 is 0 Å². The summed E-state index contributed by atoms with van der Waals surface area (Å²) in [5, 5.41) is 3.88. The lowest BCUT2D eigenvalue weighted by atomic mass is 10.1. The van der Waals surface area contributed by atoms with Crippen LogP contribution in [0.5, 0.6) is 0 Å². The molecule has 0 saturated carbocycles. The highest BCUT2D eigenvalue weighted by Gasteiger charge is 2.19. The average molecular weight is 255 g/mol. The average Bonchev–Trinajstić information content (AvgIpc) is 2.72. The molecule has 2 heterocycles. The fraction of sp³-hybridized carbons (Fsp3) is 0.667. The van der Waals surface area contributed by atoms with E-state index in [0.717, 1.165) is 31.2 Å². The Kier molecular flexibility index (Phi) is 4.18. The predicted molar refractivity (Wildman–Crippen MR) is 70.5 cm³/mol. The summed E-state index contributed by atoms with van der Waals surface area (Å²) in [5.41, 5.74) is 0. The van der Waals surface area contributed by atoms with E-state index in [2.05, 4.69) is 27.2 Å². The molecule has 0 spiro atoms. The molecule has 1 unspecified atom stereocenters. The van der Waals surface area contributed by atoms with Crippen LogP contribution in [0.2, 0.25) is 5.15 Å². The third-order valence-electron chi connectivity index (χ3n) is 3.12. The number of halogens is 1. The molecule has 1 aliphatic heterocycles. The summed E-state index contributed by atoms with van der Waals surface area (Å²) in [7, 11) is 2.16. The molecule has 0 aromatic carbocycles. The number of likely N-dealkylation sites (tertiary alicyclic amines) is 1. The molecule has 0 amide bonds. The Balaban J connectivity index is 1.92. The van der Waals surface area contributed by atoms with Crippen molar-refractivity contribution in [3.8, 4) is 0 Å². The molecule has 1 atom stereocenters. The molecule has 5 heteroatoms. The zero-order valence-electron chi connectivity index (χ0n) is 10.4. The second kappa shape index (κ2) is 5.65. The predicted octanol–water partition coefficient (Wildman–Crippen LogP) is 2.06. The summed E-state index contributed by atoms with van der Waals surface area (Å²) in [5.74, 6) is 2.35. The molecule has 1 aromatic heterocycles. The molecule has 17 heavy (non-hydrogen) atoms. The molecule has 2 rings (SSSR count). The van der Waals surface area contributed by atoms with Gasteiger partial charge < -0.3 is 10.2 Å². The van der Waals surface area contributed by atoms with E-state index in [1.165, 1.54) is 13.0 Å². The van der Waals surface area contributed by atoms with E-state index in [1.54, 1.807) is 6.07 Å². The number of aromatic nitrogens is 2. The quantitative estimate of drug-likeness (QED) is 0.835. The van der Waals surface area contributed by atoms with Gasteiger partial charge in [-0.1, -0.05) is 18.5 Å². The van der Waals surface area contributed by atoms with Crippen molar-refractivity contribution in [3.63, 3.8) is 0 Å². The van der Waals surface area contributed by atoms with Crippen molar-refractivity contribution in [2.24, 2.45) is 5.92 Å². The van der Waals surface area contributed by atoms with Gasteiger partial charge in [-0.3, -0.25) is 0 Å². The number of hydrogen-bond acceptors (Lipinski definition) is 4. The number of rotatable bonds is 4. The third-order valence-corrected chi connectivity index (χ3v) is 3.31. The van der Waals surface area contributed by atoms with Crippen molar-refractivity contribution < 1.29 is 0 Å². The van der Waals surface area contributed by atoms with Crippen LogP contribution in [0.15, 0.2) is 6.07 Å². The first-order valence-electron chi connectivity index (χ1n) is 6.13. The van der Waals surface area contributed by atoms with E-state index in [-0.39, 0.29) is 0 Å². The van der Waals surface area contributed by atoms with Crippen LogP contribution in [0.3, 0.4) is 0 Å². The number of anilines is 1. The van der Waals surface area contributed by atoms with E-state index in [0.29, 0.717) is 11.1 Å². The summed E-state index contributed by atoms with van der Waals surface area (Å²) < 4.78 is 0. The molecule has 1 aromatic rings. The van der Waals surface area contributed by atoms with E-state index in [1.807, 2.05) is 6.92 Å². The second-order valence-corrected chi connectivity index (χ2v) is 5.03. The van der Waals surface area contributed by atoms with Crippen molar-refractivity contribution >= 4 is 17.4 Å². The number of aryl methyl sites for hydroxylation is 1. The Morgan fingerprint density at radius 1 is 1.53 bits per heavy atom. The summed E-state index contributed by atoms with van der Waals surface area (Å²) >= 11 is 5.95. The highest BCUT2D eigenvalue weighted by molar-refractivity contribution is 6.29. The first-order chi connectivity index (χ1) is 8.17. The molecule has 0 bridgehead atoms. The van der Waals surface area contributed by atoms with E-state index in [4.69, 9.17) is 11.6 Å². The van der Waals surface area contributed by atoms with Crippen molar-refractivity contribution in [1.82, 2.24) is 14.9 Å². The number of nitrogens with one attached hydrogen (secondary N) is 1. The van der Waals surface area contributed by atoms with Crippen LogP contribution >= 0.6 is 11.6 Å². The maximum atomic E-state index is 5.95. The lowest BCUT2D eigenvalue weighted by Gasteiger charge is -2.12. The molecule has 1 aliphatic rings. The molecule has 0 aliphatic carbocycles. The van der Waals surface area contributed by atoms with Gasteiger partial charge in [-0.2, -0.15) is 0 Å². The van der Waals surface area contributed by atoms with Crippen LogP contribution in [0.4, 0.5) is 5.82 Å². The van der Waals surface area contributed by atoms with Crippen molar-refractivity contribution in [3.05, 3.63) is 17.0 Å². The molecule has 0 radical (unpaired) electrons. The number of nitrogens with zero attached hydrogens (tertiary/aromatic N) is 3. The van der Waals surface area contributed by atoms with Crippen LogP contribution in [0.25, 0.3) is 0 Å². The zero-order chi connectivity index (χ0) is 12.3. The van der Waals surface area contributed by atoms with Gasteiger partial charge in [0, 0.05) is 25.6 Å². The normalized spacial score (nSPS) is 20.8. The molecule has 1 fully saturated rings. The lowest BCUT2D eigenvalue weighted by Crippen LogP contribution is -2.19. The highest BCUT2D eigenvalue weighted by Crippen LogP contribution is 2.16. The van der Waals surface area contributed by atoms with Gasteiger partial charge in [0.05, 0.1) is 0 Å². The summed E-state index contributed by atoms with van der Waals surface area (Å²) in [4.78, 5) is 10.9. The Morgan fingerprint density at radius 3 is 3.00 bits per heavy atom. The van der Waals surface area contributed by atoms with Gasteiger partial charge in [-0.15, -0.1) is 0 Å². The molecular weight excluding hydrogens is 236 g/mol. The van der Waals surface area contributed by atoms with Crippen LogP contribution < -0.4 is 5.32 Å². The first-order valence-corrected chi connectivity index (χ1v) is 6.51. The van der Waals surface area contributed by atoms with Crippen molar-refractivity contribution in [2.45, 2.75) is 19.8 Å². The van der Waals surface area contributed by atoms with Gasteiger partial charge in [0.25, 0.3) is 0 Å². The van der Waals surface area contributed by atoms with Crippen LogP contribution in [-0.4, -0.2) is 41.5 Å². The molecule has 1 N–H and O–H groups in total. The molecule has 1 saturated heterocycles. The standard InChI is InChI=1S/C12H19ClN4/c1-3-11-15-10(13)6-12(16-11)14-7-9-4-5-17(2)8-9/h6,9H,3-5,7-8H2,1-2H3,(H,14,15,16). The van der Waals surface area contributed by atoms with Gasteiger partial charge in [-0.25, -0.2) is 9.97 Å². The van der Waals surface area contributed by atoms with Gasteiger partial charge >= 0.3 is 0 Å². The minimum absolute atomic E-state index is 0.517. The minimum atomic E-state index is 0.517. The Hall–Kier alpha value is -0.870. The largest absolute Gasteiger partial charge is 0.370 e. The topological polar surface area (TPSA) is 41.1 Å². The van der Waals surface area contributed by atoms with Crippen LogP contribution in [0.1, 0.15) is 19.2 Å². The Labute approximate surface area is 107 Å². The molecule has 94 valence electrons. The molecular formula is C12H19ClN4. The summed E-state index contributed by atoms with van der Waals surface area (Å²) in [6, 6.07) is 1.79. The summed E-state index contributed by atoms with van der Waals surface area (Å²) in [6.07, 6.45) is 2.06. The maximum absolute atomic E-state index is 5.95. The van der Waals surface area contributed by atoms with Crippen molar-refractivity contribution in [2.75, 3.05) is 32.0 Å². The summed E-state index contributed by atoms with van der Waals surface area (Å²) in [6.45, 7) is 5.34. The molecule has 4 nitrogen and oxygen atoms in total. The van der Waals surface area contributed by atoms with Crippen LogP contribution in [0, 0.1) is 5.92 Å². The van der Waals surface area contributed by atoms with Gasteiger partial charge in [0.2, 0.25) is 0 Å². The van der Waals surface area contributed by atoms with Gasteiger partial charge in [-0.05, 0) is 25.9 Å². The fourth-order valence-electron chi connectivity index (χ4n) is 2.16. The fourth-order valence-corrected chi connectivity index (χ4v) is 2.36. The smallest absolute Gasteiger partial charge is 0.134 e. The lowest BCUT2D eigenvalue weighted by molar-refractivity contribution is 0.399. The van der Waals surface area contributed by atoms with E-state index >= 15 is 0 Å². The van der Waals surface area contributed by atoms with Gasteiger partial charge in [0.15, 0.2) is 0 Å².